The van der Waals surface area contributed by atoms with Gasteiger partial charge in [0.25, 0.3) is 0 Å². The second-order valence-corrected chi connectivity index (χ2v) is 6.57. The molecule has 0 radical (unpaired) electrons. The van der Waals surface area contributed by atoms with Crippen LogP contribution in [0.15, 0.2) is 12.4 Å². The van der Waals surface area contributed by atoms with Gasteiger partial charge in [-0.15, -0.1) is 0 Å². The molecule has 21 heavy (non-hydrogen) atoms. The van der Waals surface area contributed by atoms with Crippen LogP contribution < -0.4 is 5.32 Å². The number of aromatic nitrogens is 2. The molecule has 120 valence electrons. The third-order valence-corrected chi connectivity index (χ3v) is 4.97. The minimum atomic E-state index is 0.214. The van der Waals surface area contributed by atoms with Gasteiger partial charge < -0.3 is 14.8 Å². The van der Waals surface area contributed by atoms with Crippen molar-refractivity contribution in [3.63, 3.8) is 0 Å². The van der Waals surface area contributed by atoms with Crippen molar-refractivity contribution in [3.05, 3.63) is 18.2 Å². The van der Waals surface area contributed by atoms with Crippen molar-refractivity contribution in [2.24, 2.45) is 0 Å². The highest BCUT2D eigenvalue weighted by atomic mass is 15.2. The van der Waals surface area contributed by atoms with Gasteiger partial charge in [-0.05, 0) is 46.3 Å². The zero-order chi connectivity index (χ0) is 15.3. The van der Waals surface area contributed by atoms with E-state index in [1.54, 1.807) is 0 Å². The molecule has 2 rings (SSSR count). The maximum atomic E-state index is 4.73. The lowest BCUT2D eigenvalue weighted by Crippen LogP contribution is -2.53. The molecule has 1 aliphatic carbocycles. The maximum Gasteiger partial charge on any atom is 0.127 e. The van der Waals surface area contributed by atoms with Crippen molar-refractivity contribution in [1.29, 1.82) is 0 Å². The average Bonchev–Trinajstić information content (AvgIpc) is 3.10. The predicted molar refractivity (Wildman–Crippen MR) is 88.4 cm³/mol. The van der Waals surface area contributed by atoms with Crippen molar-refractivity contribution >= 4 is 0 Å². The Kier molecular flexibility index (Phi) is 5.82. The van der Waals surface area contributed by atoms with Crippen LogP contribution in [-0.2, 0) is 6.54 Å². The summed E-state index contributed by atoms with van der Waals surface area (Å²) < 4.78 is 2.34. The van der Waals surface area contributed by atoms with Crippen molar-refractivity contribution in [1.82, 2.24) is 19.8 Å². The molecular weight excluding hydrogens is 260 g/mol. The SMILES string of the molecule is CCCNC(c1nccn1CCC)C1(N(C)C)CCCC1. The number of rotatable bonds is 8. The second kappa shape index (κ2) is 7.41. The van der Waals surface area contributed by atoms with Crippen LogP contribution in [0, 0.1) is 0 Å². The highest BCUT2D eigenvalue weighted by Gasteiger charge is 2.45. The Labute approximate surface area is 129 Å². The summed E-state index contributed by atoms with van der Waals surface area (Å²) in [5.74, 6) is 1.22. The van der Waals surface area contributed by atoms with E-state index in [0.717, 1.165) is 25.9 Å². The van der Waals surface area contributed by atoms with Crippen LogP contribution in [0.1, 0.15) is 64.2 Å². The monoisotopic (exact) mass is 292 g/mol. The zero-order valence-corrected chi connectivity index (χ0v) is 14.2. The Bertz CT molecular complexity index is 418. The van der Waals surface area contributed by atoms with Crippen LogP contribution >= 0.6 is 0 Å². The fourth-order valence-electron chi connectivity index (χ4n) is 3.80. The summed E-state index contributed by atoms with van der Waals surface area (Å²) in [6.07, 6.45) is 11.6. The van der Waals surface area contributed by atoms with E-state index >= 15 is 0 Å². The summed E-state index contributed by atoms with van der Waals surface area (Å²) >= 11 is 0. The molecule has 0 amide bonds. The molecule has 0 saturated heterocycles. The van der Waals surface area contributed by atoms with Crippen molar-refractivity contribution < 1.29 is 0 Å². The first-order chi connectivity index (χ1) is 10.2. The molecule has 4 nitrogen and oxygen atoms in total. The normalized spacial score (nSPS) is 19.3. The first kappa shape index (κ1) is 16.5. The standard InChI is InChI=1S/C17H32N4/c1-5-11-18-15(16-19-12-14-21(16)13-6-2)17(20(3)4)9-7-8-10-17/h12,14-15,18H,5-11,13H2,1-4H3. The van der Waals surface area contributed by atoms with Crippen LogP contribution in [0.3, 0.4) is 0 Å². The first-order valence-corrected chi connectivity index (χ1v) is 8.57. The fraction of sp³-hybridized carbons (Fsp3) is 0.824. The molecule has 1 N–H and O–H groups in total. The summed E-state index contributed by atoms with van der Waals surface area (Å²) in [6.45, 7) is 6.58. The lowest BCUT2D eigenvalue weighted by Gasteiger charge is -2.43. The van der Waals surface area contributed by atoms with Crippen molar-refractivity contribution in [2.45, 2.75) is 70.5 Å². The molecule has 1 aromatic rings. The number of likely N-dealkylation sites (N-methyl/N-ethyl adjacent to an activating group) is 1. The van der Waals surface area contributed by atoms with Gasteiger partial charge in [-0.25, -0.2) is 4.98 Å². The van der Waals surface area contributed by atoms with Gasteiger partial charge in [-0.2, -0.15) is 0 Å². The number of hydrogen-bond acceptors (Lipinski definition) is 3. The van der Waals surface area contributed by atoms with E-state index in [0.29, 0.717) is 6.04 Å². The minimum absolute atomic E-state index is 0.214. The fourth-order valence-corrected chi connectivity index (χ4v) is 3.80. The smallest absolute Gasteiger partial charge is 0.127 e. The molecule has 4 heteroatoms. The Morgan fingerprint density at radius 3 is 2.57 bits per heavy atom. The van der Waals surface area contributed by atoms with Crippen molar-refractivity contribution in [3.8, 4) is 0 Å². The topological polar surface area (TPSA) is 33.1 Å². The molecule has 1 saturated carbocycles. The van der Waals surface area contributed by atoms with Gasteiger partial charge in [0, 0.05) is 24.5 Å². The molecule has 0 aromatic carbocycles. The van der Waals surface area contributed by atoms with Crippen LogP contribution in [-0.4, -0.2) is 40.6 Å². The van der Waals surface area contributed by atoms with Crippen molar-refractivity contribution in [2.75, 3.05) is 20.6 Å². The zero-order valence-electron chi connectivity index (χ0n) is 14.2. The molecular formula is C17H32N4. The van der Waals surface area contributed by atoms with E-state index in [1.165, 1.54) is 31.5 Å². The van der Waals surface area contributed by atoms with E-state index in [-0.39, 0.29) is 5.54 Å². The van der Waals surface area contributed by atoms with Crippen LogP contribution in [0.2, 0.25) is 0 Å². The summed E-state index contributed by atoms with van der Waals surface area (Å²) in [5, 5.41) is 3.81. The first-order valence-electron chi connectivity index (χ1n) is 8.57. The molecule has 0 bridgehead atoms. The van der Waals surface area contributed by atoms with E-state index in [1.807, 2.05) is 6.20 Å². The number of hydrogen-bond donors (Lipinski definition) is 1. The van der Waals surface area contributed by atoms with Gasteiger partial charge in [0.05, 0.1) is 6.04 Å². The quantitative estimate of drug-likeness (QED) is 0.798. The van der Waals surface area contributed by atoms with Crippen LogP contribution in [0.25, 0.3) is 0 Å². The summed E-state index contributed by atoms with van der Waals surface area (Å²) in [6, 6.07) is 0.330. The number of imidazole rings is 1. The third-order valence-electron chi connectivity index (χ3n) is 4.97. The number of nitrogens with zero attached hydrogens (tertiary/aromatic N) is 3. The van der Waals surface area contributed by atoms with E-state index in [9.17, 15) is 0 Å². The van der Waals surface area contributed by atoms with Gasteiger partial charge >= 0.3 is 0 Å². The van der Waals surface area contributed by atoms with Gasteiger partial charge in [-0.3, -0.25) is 0 Å². The van der Waals surface area contributed by atoms with Gasteiger partial charge in [0.15, 0.2) is 0 Å². The van der Waals surface area contributed by atoms with Crippen LogP contribution in [0.4, 0.5) is 0 Å². The Morgan fingerprint density at radius 2 is 2.00 bits per heavy atom. The predicted octanol–water partition coefficient (Wildman–Crippen LogP) is 3.21. The lowest BCUT2D eigenvalue weighted by atomic mass is 9.85. The molecule has 0 aliphatic heterocycles. The molecule has 0 spiro atoms. The molecule has 1 heterocycles. The second-order valence-electron chi connectivity index (χ2n) is 6.57. The third kappa shape index (κ3) is 3.32. The van der Waals surface area contributed by atoms with Gasteiger partial charge in [0.1, 0.15) is 5.82 Å². The van der Waals surface area contributed by atoms with Crippen LogP contribution in [0.5, 0.6) is 0 Å². The Hall–Kier alpha value is -0.870. The van der Waals surface area contributed by atoms with E-state index in [4.69, 9.17) is 4.98 Å². The average molecular weight is 292 g/mol. The Balaban J connectivity index is 2.34. The number of nitrogens with one attached hydrogen (secondary N) is 1. The highest BCUT2D eigenvalue weighted by molar-refractivity contribution is 5.12. The molecule has 1 aromatic heterocycles. The van der Waals surface area contributed by atoms with E-state index in [2.05, 4.69) is 48.9 Å². The highest BCUT2D eigenvalue weighted by Crippen LogP contribution is 2.43. The molecule has 1 fully saturated rings. The lowest BCUT2D eigenvalue weighted by molar-refractivity contribution is 0.0983. The largest absolute Gasteiger partial charge is 0.334 e. The minimum Gasteiger partial charge on any atom is -0.334 e. The molecule has 1 aliphatic rings. The molecule has 1 unspecified atom stereocenters. The van der Waals surface area contributed by atoms with Gasteiger partial charge in [-0.1, -0.05) is 26.7 Å². The summed E-state index contributed by atoms with van der Waals surface area (Å²) in [5.41, 5.74) is 0.214. The van der Waals surface area contributed by atoms with Gasteiger partial charge in [0.2, 0.25) is 0 Å². The Morgan fingerprint density at radius 1 is 1.29 bits per heavy atom. The summed E-state index contributed by atoms with van der Waals surface area (Å²) in [4.78, 5) is 7.18. The number of aryl methyl sites for hydroxylation is 1. The maximum absolute atomic E-state index is 4.73. The summed E-state index contributed by atoms with van der Waals surface area (Å²) in [7, 11) is 4.47. The molecule has 1 atom stereocenters. The van der Waals surface area contributed by atoms with E-state index < -0.39 is 0 Å².